The van der Waals surface area contributed by atoms with E-state index in [1.807, 2.05) is 44.2 Å². The van der Waals surface area contributed by atoms with E-state index in [1.54, 1.807) is 11.8 Å². The first-order valence-corrected chi connectivity index (χ1v) is 10.0. The number of carbonyl (C=O) groups excluding carboxylic acids is 1. The van der Waals surface area contributed by atoms with E-state index in [9.17, 15) is 4.79 Å². The first-order chi connectivity index (χ1) is 12.0. The number of amides is 1. The van der Waals surface area contributed by atoms with Gasteiger partial charge in [-0.05, 0) is 48.7 Å². The molecule has 1 N–H and O–H groups in total. The first kappa shape index (κ1) is 18.1. The van der Waals surface area contributed by atoms with Crippen LogP contribution in [-0.2, 0) is 10.5 Å². The normalized spacial score (nSPS) is 12.8. The highest BCUT2D eigenvalue weighted by Gasteiger charge is 2.15. The summed E-state index contributed by atoms with van der Waals surface area (Å²) in [5, 5.41) is 2.99. The molecule has 0 aromatic heterocycles. The first-order valence-electron chi connectivity index (χ1n) is 8.06. The lowest BCUT2D eigenvalue weighted by Gasteiger charge is -2.19. The van der Waals surface area contributed by atoms with Crippen LogP contribution in [0.25, 0.3) is 0 Å². The number of aryl methyl sites for hydroxylation is 2. The van der Waals surface area contributed by atoms with Crippen molar-refractivity contribution in [3.63, 3.8) is 0 Å². The second-order valence-corrected chi connectivity index (χ2v) is 7.79. The van der Waals surface area contributed by atoms with E-state index >= 15 is 0 Å². The third kappa shape index (κ3) is 4.70. The Morgan fingerprint density at radius 1 is 1.16 bits per heavy atom. The van der Waals surface area contributed by atoms with Crippen LogP contribution in [-0.4, -0.2) is 24.9 Å². The van der Waals surface area contributed by atoms with Gasteiger partial charge in [0.25, 0.3) is 0 Å². The molecule has 0 atom stereocenters. The van der Waals surface area contributed by atoms with Gasteiger partial charge < -0.3 is 14.8 Å². The monoisotopic (exact) mass is 421 g/mol. The second-order valence-electron chi connectivity index (χ2n) is 5.95. The van der Waals surface area contributed by atoms with E-state index < -0.39 is 0 Å². The van der Waals surface area contributed by atoms with Crippen LogP contribution in [0.2, 0.25) is 0 Å². The number of hydrogen-bond acceptors (Lipinski definition) is 4. The summed E-state index contributed by atoms with van der Waals surface area (Å²) in [7, 11) is 0. The maximum absolute atomic E-state index is 12.2. The van der Waals surface area contributed by atoms with Gasteiger partial charge in [-0.3, -0.25) is 4.79 Å². The lowest BCUT2D eigenvalue weighted by molar-refractivity contribution is -0.113. The fourth-order valence-corrected chi connectivity index (χ4v) is 3.99. The van der Waals surface area contributed by atoms with E-state index in [1.165, 1.54) is 0 Å². The second kappa shape index (κ2) is 8.15. The molecule has 0 bridgehead atoms. The van der Waals surface area contributed by atoms with E-state index in [0.29, 0.717) is 19.0 Å². The molecule has 4 nitrogen and oxygen atoms in total. The molecule has 0 fully saturated rings. The summed E-state index contributed by atoms with van der Waals surface area (Å²) in [5.74, 6) is 2.66. The van der Waals surface area contributed by atoms with Crippen molar-refractivity contribution in [3.8, 4) is 11.5 Å². The number of thioether (sulfide) groups is 1. The standard InChI is InChI=1S/C19H20BrNO3S/c1-12-3-4-13(2)16(7-12)21-19(22)11-25-10-14-8-17-18(9-15(14)20)24-6-5-23-17/h3-4,7-9H,5-6,10-11H2,1-2H3,(H,21,22). The summed E-state index contributed by atoms with van der Waals surface area (Å²) in [5.41, 5.74) is 4.17. The Hall–Kier alpha value is -1.66. The zero-order valence-corrected chi connectivity index (χ0v) is 16.6. The molecular formula is C19H20BrNO3S. The van der Waals surface area contributed by atoms with E-state index in [4.69, 9.17) is 9.47 Å². The average molecular weight is 422 g/mol. The molecule has 0 saturated heterocycles. The Bertz CT molecular complexity index is 794. The molecule has 0 unspecified atom stereocenters. The van der Waals surface area contributed by atoms with Crippen molar-refractivity contribution < 1.29 is 14.3 Å². The fourth-order valence-electron chi connectivity index (χ4n) is 2.53. The molecule has 3 rings (SSSR count). The maximum atomic E-state index is 12.2. The van der Waals surface area contributed by atoms with Crippen LogP contribution in [0.3, 0.4) is 0 Å². The number of carbonyl (C=O) groups is 1. The van der Waals surface area contributed by atoms with Crippen LogP contribution in [0.5, 0.6) is 11.5 Å². The number of anilines is 1. The Morgan fingerprint density at radius 2 is 1.88 bits per heavy atom. The van der Waals surface area contributed by atoms with E-state index in [0.717, 1.165) is 44.1 Å². The smallest absolute Gasteiger partial charge is 0.234 e. The van der Waals surface area contributed by atoms with Crippen molar-refractivity contribution in [2.24, 2.45) is 0 Å². The molecule has 0 radical (unpaired) electrons. The van der Waals surface area contributed by atoms with Gasteiger partial charge in [0.05, 0.1) is 5.75 Å². The molecule has 1 aliphatic heterocycles. The zero-order valence-electron chi connectivity index (χ0n) is 14.2. The molecule has 1 heterocycles. The average Bonchev–Trinajstić information content (AvgIpc) is 2.58. The zero-order chi connectivity index (χ0) is 17.8. The van der Waals surface area contributed by atoms with Gasteiger partial charge in [-0.2, -0.15) is 0 Å². The quantitative estimate of drug-likeness (QED) is 0.759. The number of halogens is 1. The molecule has 132 valence electrons. The predicted octanol–water partition coefficient (Wildman–Crippen LogP) is 4.71. The van der Waals surface area contributed by atoms with E-state index in [2.05, 4.69) is 21.2 Å². The highest BCUT2D eigenvalue weighted by atomic mass is 79.9. The third-order valence-electron chi connectivity index (χ3n) is 3.87. The molecule has 0 aliphatic carbocycles. The van der Waals surface area contributed by atoms with Crippen molar-refractivity contribution in [1.82, 2.24) is 0 Å². The molecule has 2 aromatic carbocycles. The number of fused-ring (bicyclic) bond motifs is 1. The highest BCUT2D eigenvalue weighted by molar-refractivity contribution is 9.10. The Balaban J connectivity index is 1.56. The topological polar surface area (TPSA) is 47.6 Å². The molecule has 6 heteroatoms. The largest absolute Gasteiger partial charge is 0.486 e. The number of hydrogen-bond donors (Lipinski definition) is 1. The predicted molar refractivity (Wildman–Crippen MR) is 106 cm³/mol. The summed E-state index contributed by atoms with van der Waals surface area (Å²) in [6.07, 6.45) is 0. The van der Waals surface area contributed by atoms with Crippen molar-refractivity contribution in [2.75, 3.05) is 24.3 Å². The van der Waals surface area contributed by atoms with Crippen LogP contribution < -0.4 is 14.8 Å². The van der Waals surface area contributed by atoms with Crippen LogP contribution in [0, 0.1) is 13.8 Å². The molecule has 1 aliphatic rings. The SMILES string of the molecule is Cc1ccc(C)c(NC(=O)CSCc2cc3c(cc2Br)OCCO3)c1. The van der Waals surface area contributed by atoms with Gasteiger partial charge >= 0.3 is 0 Å². The summed E-state index contributed by atoms with van der Waals surface area (Å²) in [6.45, 7) is 5.16. The van der Waals surface area contributed by atoms with Gasteiger partial charge in [0, 0.05) is 15.9 Å². The van der Waals surface area contributed by atoms with Crippen molar-refractivity contribution in [1.29, 1.82) is 0 Å². The summed E-state index contributed by atoms with van der Waals surface area (Å²) >= 11 is 5.13. The molecule has 0 saturated carbocycles. The fraction of sp³-hybridized carbons (Fsp3) is 0.316. The van der Waals surface area contributed by atoms with Gasteiger partial charge in [0.2, 0.25) is 5.91 Å². The minimum atomic E-state index is 0.00682. The molecular weight excluding hydrogens is 402 g/mol. The Morgan fingerprint density at radius 3 is 2.64 bits per heavy atom. The number of rotatable bonds is 5. The summed E-state index contributed by atoms with van der Waals surface area (Å²) in [6, 6.07) is 9.97. The van der Waals surface area contributed by atoms with Crippen LogP contribution in [0.15, 0.2) is 34.8 Å². The minimum absolute atomic E-state index is 0.00682. The van der Waals surface area contributed by atoms with E-state index in [-0.39, 0.29) is 5.91 Å². The highest BCUT2D eigenvalue weighted by Crippen LogP contribution is 2.36. The van der Waals surface area contributed by atoms with Crippen LogP contribution >= 0.6 is 27.7 Å². The number of nitrogens with one attached hydrogen (secondary N) is 1. The Kier molecular flexibility index (Phi) is 5.91. The van der Waals surface area contributed by atoms with Crippen molar-refractivity contribution in [3.05, 3.63) is 51.5 Å². The van der Waals surface area contributed by atoms with Gasteiger partial charge in [-0.1, -0.05) is 28.1 Å². The Labute approximate surface area is 160 Å². The minimum Gasteiger partial charge on any atom is -0.486 e. The third-order valence-corrected chi connectivity index (χ3v) is 5.59. The lowest BCUT2D eigenvalue weighted by Crippen LogP contribution is -2.16. The van der Waals surface area contributed by atoms with Gasteiger partial charge in [0.1, 0.15) is 13.2 Å². The van der Waals surface area contributed by atoms with Crippen LogP contribution in [0.1, 0.15) is 16.7 Å². The number of ether oxygens (including phenoxy) is 2. The molecule has 1 amide bonds. The molecule has 0 spiro atoms. The van der Waals surface area contributed by atoms with Gasteiger partial charge in [-0.15, -0.1) is 11.8 Å². The summed E-state index contributed by atoms with van der Waals surface area (Å²) < 4.78 is 12.2. The summed E-state index contributed by atoms with van der Waals surface area (Å²) in [4.78, 5) is 12.2. The lowest BCUT2D eigenvalue weighted by atomic mass is 10.1. The molecule has 2 aromatic rings. The van der Waals surface area contributed by atoms with Crippen molar-refractivity contribution in [2.45, 2.75) is 19.6 Å². The number of benzene rings is 2. The van der Waals surface area contributed by atoms with Gasteiger partial charge in [0.15, 0.2) is 11.5 Å². The van der Waals surface area contributed by atoms with Crippen molar-refractivity contribution >= 4 is 39.3 Å². The maximum Gasteiger partial charge on any atom is 0.234 e. The van der Waals surface area contributed by atoms with Gasteiger partial charge in [-0.25, -0.2) is 0 Å². The van der Waals surface area contributed by atoms with Crippen LogP contribution in [0.4, 0.5) is 5.69 Å². The molecule has 25 heavy (non-hydrogen) atoms.